The van der Waals surface area contributed by atoms with Gasteiger partial charge in [-0.25, -0.2) is 14.6 Å². The number of aromatic hydroxyl groups is 1. The molecule has 2 aliphatic rings. The molecule has 1 aromatic carbocycles. The van der Waals surface area contributed by atoms with Crippen molar-refractivity contribution in [2.24, 2.45) is 0 Å². The van der Waals surface area contributed by atoms with E-state index in [0.29, 0.717) is 6.42 Å². The molecular formula is C20H21N3O7. The molecule has 2 aliphatic heterocycles. The van der Waals surface area contributed by atoms with Crippen molar-refractivity contribution in [3.05, 3.63) is 57.8 Å². The Labute approximate surface area is 171 Å². The summed E-state index contributed by atoms with van der Waals surface area (Å²) in [6, 6.07) is 9.18. The fraction of sp³-hybridized carbons (Fsp3) is 0.400. The molecule has 2 N–H and O–H groups in total. The summed E-state index contributed by atoms with van der Waals surface area (Å²) in [5, 5.41) is 12.9. The Bertz CT molecular complexity index is 1040. The molecule has 0 aliphatic carbocycles. The first-order valence-corrected chi connectivity index (χ1v) is 9.55. The fourth-order valence-corrected chi connectivity index (χ4v) is 3.76. The van der Waals surface area contributed by atoms with Gasteiger partial charge in [0.2, 0.25) is 5.75 Å². The number of carbonyl (C=O) groups excluding carboxylic acids is 2. The maximum atomic E-state index is 12.7. The number of fused-ring (bicyclic) bond motifs is 4. The maximum Gasteiger partial charge on any atom is 0.408 e. The van der Waals surface area contributed by atoms with Gasteiger partial charge >= 0.3 is 12.1 Å². The second kappa shape index (κ2) is 7.79. The van der Waals surface area contributed by atoms with Gasteiger partial charge in [0, 0.05) is 6.42 Å². The molecule has 158 valence electrons. The lowest BCUT2D eigenvalue weighted by atomic mass is 9.91. The minimum absolute atomic E-state index is 0.0532. The molecule has 10 nitrogen and oxygen atoms in total. The van der Waals surface area contributed by atoms with E-state index in [4.69, 9.17) is 14.2 Å². The summed E-state index contributed by atoms with van der Waals surface area (Å²) in [5.41, 5.74) is -1.62. The van der Waals surface area contributed by atoms with Gasteiger partial charge in [-0.05, 0) is 12.5 Å². The first kappa shape index (κ1) is 19.9. The van der Waals surface area contributed by atoms with E-state index < -0.39 is 34.6 Å². The minimum Gasteiger partial charge on any atom is -0.501 e. The lowest BCUT2D eigenvalue weighted by Gasteiger charge is -2.33. The first-order valence-electron chi connectivity index (χ1n) is 9.55. The van der Waals surface area contributed by atoms with Gasteiger partial charge in [0.15, 0.2) is 5.69 Å². The number of alkyl carbamates (subject to hydrolysis) is 1. The molecular weight excluding hydrogens is 394 g/mol. The van der Waals surface area contributed by atoms with Crippen LogP contribution in [0.3, 0.4) is 0 Å². The highest BCUT2D eigenvalue weighted by molar-refractivity contribution is 5.90. The Morgan fingerprint density at radius 3 is 2.83 bits per heavy atom. The second-order valence-corrected chi connectivity index (χ2v) is 7.17. The van der Waals surface area contributed by atoms with E-state index in [0.717, 1.165) is 5.56 Å². The molecule has 0 saturated carbocycles. The van der Waals surface area contributed by atoms with Crippen molar-refractivity contribution in [3.63, 3.8) is 0 Å². The van der Waals surface area contributed by atoms with E-state index >= 15 is 0 Å². The molecule has 0 radical (unpaired) electrons. The largest absolute Gasteiger partial charge is 0.501 e. The normalized spacial score (nSPS) is 21.6. The van der Waals surface area contributed by atoms with Crippen LogP contribution in [-0.4, -0.2) is 46.0 Å². The fourth-order valence-electron chi connectivity index (χ4n) is 3.76. The predicted molar refractivity (Wildman–Crippen MR) is 102 cm³/mol. The van der Waals surface area contributed by atoms with Crippen molar-refractivity contribution in [2.75, 3.05) is 13.2 Å². The topological polar surface area (TPSA) is 129 Å². The average molecular weight is 415 g/mol. The van der Waals surface area contributed by atoms with Gasteiger partial charge in [-0.2, -0.15) is 0 Å². The van der Waals surface area contributed by atoms with Gasteiger partial charge < -0.3 is 24.6 Å². The monoisotopic (exact) mass is 415 g/mol. The van der Waals surface area contributed by atoms with Gasteiger partial charge in [0.25, 0.3) is 5.56 Å². The molecule has 2 unspecified atom stereocenters. The van der Waals surface area contributed by atoms with E-state index in [1.54, 1.807) is 6.92 Å². The zero-order valence-corrected chi connectivity index (χ0v) is 16.3. The van der Waals surface area contributed by atoms with Crippen molar-refractivity contribution in [2.45, 2.75) is 38.1 Å². The number of benzene rings is 1. The number of rotatable bonds is 5. The lowest BCUT2D eigenvalue weighted by Crippen LogP contribution is -2.53. The molecule has 4 rings (SSSR count). The Balaban J connectivity index is 1.64. The van der Waals surface area contributed by atoms with Crippen molar-refractivity contribution < 1.29 is 28.9 Å². The van der Waals surface area contributed by atoms with Crippen molar-refractivity contribution in [1.29, 1.82) is 0 Å². The third-order valence-corrected chi connectivity index (χ3v) is 5.12. The number of ether oxygens (including phenoxy) is 3. The average Bonchev–Trinajstić information content (AvgIpc) is 3.08. The van der Waals surface area contributed by atoms with Crippen molar-refractivity contribution in [1.82, 2.24) is 14.9 Å². The molecule has 1 aromatic heterocycles. The second-order valence-electron chi connectivity index (χ2n) is 7.17. The standard InChI is InChI=1S/C20H21N3O7/c1-2-28-17(26)14-15(24)16(25)23-9-13-8-20(11-30-13,18(23)21-14)22-19(27)29-10-12-6-4-3-5-7-12/h3-7,13,24H,2,8-11H2,1H3,(H,22,27). The number of carbonyl (C=O) groups is 2. The summed E-state index contributed by atoms with van der Waals surface area (Å²) in [6.07, 6.45) is -0.705. The number of aromatic nitrogens is 2. The highest BCUT2D eigenvalue weighted by atomic mass is 16.6. The van der Waals surface area contributed by atoms with E-state index in [1.165, 1.54) is 4.57 Å². The highest BCUT2D eigenvalue weighted by Gasteiger charge is 2.51. The molecule has 2 atom stereocenters. The van der Waals surface area contributed by atoms with Gasteiger partial charge in [0.05, 0.1) is 25.9 Å². The van der Waals surface area contributed by atoms with Crippen LogP contribution in [0, 0.1) is 0 Å². The molecule has 2 aromatic rings. The molecule has 1 fully saturated rings. The number of hydrogen-bond acceptors (Lipinski definition) is 8. The molecule has 1 saturated heterocycles. The Kier molecular flexibility index (Phi) is 5.17. The van der Waals surface area contributed by atoms with E-state index in [2.05, 4.69) is 10.3 Å². The Morgan fingerprint density at radius 1 is 1.33 bits per heavy atom. The van der Waals surface area contributed by atoms with Crippen LogP contribution in [0.25, 0.3) is 0 Å². The highest BCUT2D eigenvalue weighted by Crippen LogP contribution is 2.38. The van der Waals surface area contributed by atoms with E-state index in [-0.39, 0.29) is 38.3 Å². The smallest absolute Gasteiger partial charge is 0.408 e. The van der Waals surface area contributed by atoms with Gasteiger partial charge in [0.1, 0.15) is 18.0 Å². The minimum atomic E-state index is -1.16. The van der Waals surface area contributed by atoms with Crippen LogP contribution < -0.4 is 10.9 Å². The van der Waals surface area contributed by atoms with Crippen LogP contribution in [0.1, 0.15) is 35.2 Å². The predicted octanol–water partition coefficient (Wildman–Crippen LogP) is 1.05. The van der Waals surface area contributed by atoms with Crippen LogP contribution in [0.2, 0.25) is 0 Å². The Morgan fingerprint density at radius 2 is 2.10 bits per heavy atom. The summed E-state index contributed by atoms with van der Waals surface area (Å²) in [7, 11) is 0. The zero-order valence-electron chi connectivity index (χ0n) is 16.3. The quantitative estimate of drug-likeness (QED) is 0.694. The van der Waals surface area contributed by atoms with E-state index in [9.17, 15) is 19.5 Å². The zero-order chi connectivity index (χ0) is 21.3. The van der Waals surface area contributed by atoms with Crippen LogP contribution >= 0.6 is 0 Å². The number of nitrogens with one attached hydrogen (secondary N) is 1. The van der Waals surface area contributed by atoms with Gasteiger partial charge in [-0.3, -0.25) is 9.36 Å². The number of nitrogens with zero attached hydrogens (tertiary/aromatic N) is 2. The lowest BCUT2D eigenvalue weighted by molar-refractivity contribution is 0.0513. The Hall–Kier alpha value is -3.40. The SMILES string of the molecule is CCOC(=O)c1nc2n(c(=O)c1O)CC1CC2(NC(=O)OCc2ccccc2)CO1. The number of esters is 1. The summed E-state index contributed by atoms with van der Waals surface area (Å²) in [5.74, 6) is -1.59. The maximum absolute atomic E-state index is 12.7. The summed E-state index contributed by atoms with van der Waals surface area (Å²) < 4.78 is 17.1. The third kappa shape index (κ3) is 3.50. The first-order chi connectivity index (χ1) is 14.4. The molecule has 1 amide bonds. The van der Waals surface area contributed by atoms with E-state index in [1.807, 2.05) is 30.3 Å². The summed E-state index contributed by atoms with van der Waals surface area (Å²) in [6.45, 7) is 1.93. The molecule has 10 heteroatoms. The van der Waals surface area contributed by atoms with Crippen molar-refractivity contribution in [3.8, 4) is 5.75 Å². The molecule has 30 heavy (non-hydrogen) atoms. The van der Waals surface area contributed by atoms with Crippen LogP contribution in [-0.2, 0) is 32.9 Å². The van der Waals surface area contributed by atoms with Crippen LogP contribution in [0.15, 0.2) is 35.1 Å². The molecule has 2 bridgehead atoms. The molecule has 3 heterocycles. The van der Waals surface area contributed by atoms with Gasteiger partial charge in [-0.1, -0.05) is 30.3 Å². The van der Waals surface area contributed by atoms with Crippen molar-refractivity contribution >= 4 is 12.1 Å². The third-order valence-electron chi connectivity index (χ3n) is 5.12. The summed E-state index contributed by atoms with van der Waals surface area (Å²) >= 11 is 0. The van der Waals surface area contributed by atoms with Crippen LogP contribution in [0.5, 0.6) is 5.75 Å². The van der Waals surface area contributed by atoms with Gasteiger partial charge in [-0.15, -0.1) is 0 Å². The molecule has 0 spiro atoms. The summed E-state index contributed by atoms with van der Waals surface area (Å²) in [4.78, 5) is 41.5. The number of hydrogen-bond donors (Lipinski definition) is 2. The number of amides is 1. The van der Waals surface area contributed by atoms with Crippen LogP contribution in [0.4, 0.5) is 4.79 Å².